The minimum atomic E-state index is -0.267. The van der Waals surface area contributed by atoms with E-state index in [1.54, 1.807) is 59.0 Å². The van der Waals surface area contributed by atoms with Gasteiger partial charge in [-0.15, -0.1) is 0 Å². The third kappa shape index (κ3) is 6.38. The summed E-state index contributed by atoms with van der Waals surface area (Å²) in [6, 6.07) is 18.9. The highest BCUT2D eigenvalue weighted by atomic mass is 35.5. The Kier molecular flexibility index (Phi) is 8.75. The number of ether oxygens (including phenoxy) is 1. The van der Waals surface area contributed by atoms with E-state index in [1.165, 1.54) is 6.92 Å². The summed E-state index contributed by atoms with van der Waals surface area (Å²) in [7, 11) is 1.61. The molecule has 2 amide bonds. The first-order valence-electron chi connectivity index (χ1n) is 13.7. The third-order valence-electron chi connectivity index (χ3n) is 7.45. The molecule has 3 aromatic carbocycles. The van der Waals surface area contributed by atoms with Gasteiger partial charge in [0, 0.05) is 29.8 Å². The lowest BCUT2D eigenvalue weighted by atomic mass is 9.98. The molecule has 2 atom stereocenters. The maximum Gasteiger partial charge on any atom is 0.263 e. The summed E-state index contributed by atoms with van der Waals surface area (Å²) in [5.41, 5.74) is 3.40. The number of methoxy groups -OCH3 is 1. The highest BCUT2D eigenvalue weighted by Crippen LogP contribution is 2.29. The number of aromatic nitrogens is 2. The Morgan fingerprint density at radius 2 is 1.72 bits per heavy atom. The van der Waals surface area contributed by atoms with Crippen LogP contribution >= 0.6 is 23.2 Å². The molecule has 1 aliphatic heterocycles. The Balaban J connectivity index is 1.55. The van der Waals surface area contributed by atoms with Crippen LogP contribution in [0.4, 0.5) is 11.6 Å². The molecule has 0 radical (unpaired) electrons. The van der Waals surface area contributed by atoms with Crippen molar-refractivity contribution in [1.82, 2.24) is 14.5 Å². The Bertz CT molecular complexity index is 1740. The Morgan fingerprint density at radius 1 is 1.02 bits per heavy atom. The molecule has 4 aromatic rings. The van der Waals surface area contributed by atoms with Crippen LogP contribution < -0.4 is 20.9 Å². The molecule has 0 saturated heterocycles. The van der Waals surface area contributed by atoms with Gasteiger partial charge in [-0.3, -0.25) is 14.4 Å². The van der Waals surface area contributed by atoms with Crippen LogP contribution in [0.2, 0.25) is 10.0 Å². The van der Waals surface area contributed by atoms with Crippen molar-refractivity contribution < 1.29 is 14.3 Å². The quantitative estimate of drug-likeness (QED) is 0.253. The van der Waals surface area contributed by atoms with E-state index in [-0.39, 0.29) is 36.0 Å². The molecule has 1 unspecified atom stereocenters. The minimum Gasteiger partial charge on any atom is -0.497 e. The first-order valence-corrected chi connectivity index (χ1v) is 14.5. The first kappa shape index (κ1) is 30.1. The Labute approximate surface area is 259 Å². The molecule has 0 spiro atoms. The third-order valence-corrected chi connectivity index (χ3v) is 8.19. The minimum absolute atomic E-state index is 0.152. The van der Waals surface area contributed by atoms with Crippen LogP contribution in [0.25, 0.3) is 5.69 Å². The number of hydrogen-bond acceptors (Lipinski definition) is 6. The van der Waals surface area contributed by atoms with Gasteiger partial charge in [-0.2, -0.15) is 0 Å². The van der Waals surface area contributed by atoms with Gasteiger partial charge < -0.3 is 20.3 Å². The van der Waals surface area contributed by atoms with Gasteiger partial charge in [-0.05, 0) is 80.4 Å². The highest BCUT2D eigenvalue weighted by molar-refractivity contribution is 6.42. The Hall–Kier alpha value is -4.34. The van der Waals surface area contributed by atoms with Gasteiger partial charge in [-0.1, -0.05) is 35.3 Å². The van der Waals surface area contributed by atoms with Crippen molar-refractivity contribution in [3.05, 3.63) is 110 Å². The maximum atomic E-state index is 14.1. The SMILES string of the molecule is COc1ccc(C(C)Nc2nc3c(c(=O)n2-c2ccc(NC(C)=O)cc2)C[C@@H](C)N(C(=O)c2ccc(Cl)c(Cl)c2)C3)cc1. The molecule has 1 aromatic heterocycles. The van der Waals surface area contributed by atoms with Gasteiger partial charge in [0.05, 0.1) is 41.1 Å². The number of nitrogens with one attached hydrogen (secondary N) is 2. The number of rotatable bonds is 7. The molecular weight excluding hydrogens is 589 g/mol. The van der Waals surface area contributed by atoms with Gasteiger partial charge in [-0.25, -0.2) is 9.55 Å². The largest absolute Gasteiger partial charge is 0.497 e. The van der Waals surface area contributed by atoms with Crippen LogP contribution in [0.15, 0.2) is 71.5 Å². The van der Waals surface area contributed by atoms with E-state index >= 15 is 0 Å². The normalized spacial score (nSPS) is 14.9. The fraction of sp³-hybridized carbons (Fsp3) is 0.250. The lowest BCUT2D eigenvalue weighted by Crippen LogP contribution is -2.46. The monoisotopic (exact) mass is 619 g/mol. The van der Waals surface area contributed by atoms with Gasteiger partial charge in [0.2, 0.25) is 11.9 Å². The zero-order valence-electron chi connectivity index (χ0n) is 24.2. The first-order chi connectivity index (χ1) is 20.5. The van der Waals surface area contributed by atoms with Crippen LogP contribution in [0.3, 0.4) is 0 Å². The summed E-state index contributed by atoms with van der Waals surface area (Å²) in [4.78, 5) is 45.8. The number of carbonyl (C=O) groups excluding carboxylic acids is 2. The summed E-state index contributed by atoms with van der Waals surface area (Å²) in [6.07, 6.45) is 0.326. The van der Waals surface area contributed by atoms with Crippen molar-refractivity contribution in [3.63, 3.8) is 0 Å². The fourth-order valence-corrected chi connectivity index (χ4v) is 5.43. The van der Waals surface area contributed by atoms with Crippen molar-refractivity contribution in [2.45, 2.75) is 45.8 Å². The van der Waals surface area contributed by atoms with E-state index in [4.69, 9.17) is 32.9 Å². The maximum absolute atomic E-state index is 14.1. The van der Waals surface area contributed by atoms with Gasteiger partial charge in [0.25, 0.3) is 11.5 Å². The van der Waals surface area contributed by atoms with E-state index in [0.29, 0.717) is 50.6 Å². The van der Waals surface area contributed by atoms with Crippen LogP contribution in [0.1, 0.15) is 54.0 Å². The zero-order valence-corrected chi connectivity index (χ0v) is 25.7. The van der Waals surface area contributed by atoms with E-state index < -0.39 is 0 Å². The van der Waals surface area contributed by atoms with Crippen LogP contribution in [-0.2, 0) is 17.8 Å². The number of anilines is 2. The molecule has 0 fully saturated rings. The summed E-state index contributed by atoms with van der Waals surface area (Å²) in [5.74, 6) is 0.651. The Morgan fingerprint density at radius 3 is 2.35 bits per heavy atom. The second kappa shape index (κ2) is 12.5. The number of nitrogens with zero attached hydrogens (tertiary/aromatic N) is 3. The average molecular weight is 621 g/mol. The number of halogens is 2. The van der Waals surface area contributed by atoms with Gasteiger partial charge in [0.15, 0.2) is 0 Å². The summed E-state index contributed by atoms with van der Waals surface area (Å²) >= 11 is 12.2. The molecule has 1 aliphatic rings. The lowest BCUT2D eigenvalue weighted by molar-refractivity contribution is -0.114. The van der Waals surface area contributed by atoms with E-state index in [9.17, 15) is 14.4 Å². The fourth-order valence-electron chi connectivity index (χ4n) is 5.13. The zero-order chi connectivity index (χ0) is 30.8. The smallest absolute Gasteiger partial charge is 0.263 e. The summed E-state index contributed by atoms with van der Waals surface area (Å²) in [5, 5.41) is 6.81. The van der Waals surface area contributed by atoms with Crippen molar-refractivity contribution in [2.75, 3.05) is 17.7 Å². The highest BCUT2D eigenvalue weighted by Gasteiger charge is 2.32. The van der Waals surface area contributed by atoms with Crippen LogP contribution in [0, 0.1) is 0 Å². The van der Waals surface area contributed by atoms with Gasteiger partial charge in [0.1, 0.15) is 5.75 Å². The second-order valence-corrected chi connectivity index (χ2v) is 11.3. The molecule has 222 valence electrons. The van der Waals surface area contributed by atoms with Crippen molar-refractivity contribution in [1.29, 1.82) is 0 Å². The molecule has 9 nitrogen and oxygen atoms in total. The second-order valence-electron chi connectivity index (χ2n) is 10.5. The molecular formula is C32H31Cl2N5O4. The number of fused-ring (bicyclic) bond motifs is 1. The molecule has 11 heteroatoms. The number of carbonyl (C=O) groups is 2. The molecule has 43 heavy (non-hydrogen) atoms. The average Bonchev–Trinajstić information content (AvgIpc) is 2.99. The predicted octanol–water partition coefficient (Wildman–Crippen LogP) is 6.27. The van der Waals surface area contributed by atoms with Crippen LogP contribution in [0.5, 0.6) is 5.75 Å². The van der Waals surface area contributed by atoms with Crippen molar-refractivity contribution in [2.24, 2.45) is 0 Å². The van der Waals surface area contributed by atoms with Gasteiger partial charge >= 0.3 is 0 Å². The van der Waals surface area contributed by atoms with Crippen molar-refractivity contribution in [3.8, 4) is 11.4 Å². The standard InChI is InChI=1S/C32H31Cl2N5O4/c1-18-15-26-29(17-38(18)30(41)22-7-14-27(33)28(34)16-22)37-32(35-19(2)21-5-12-25(43-4)13-6-21)39(31(26)42)24-10-8-23(9-11-24)36-20(3)40/h5-14,16,18-19H,15,17H2,1-4H3,(H,35,37)(H,36,40)/t18-,19?/m1/s1. The predicted molar refractivity (Wildman–Crippen MR) is 169 cm³/mol. The van der Waals surface area contributed by atoms with E-state index in [1.807, 2.05) is 38.1 Å². The molecule has 2 heterocycles. The molecule has 0 bridgehead atoms. The number of hydrogen-bond donors (Lipinski definition) is 2. The molecule has 2 N–H and O–H groups in total. The molecule has 0 saturated carbocycles. The molecule has 5 rings (SSSR count). The summed E-state index contributed by atoms with van der Waals surface area (Å²) in [6.45, 7) is 5.46. The number of benzene rings is 3. The van der Waals surface area contributed by atoms with Crippen LogP contribution in [-0.4, -0.2) is 39.4 Å². The lowest BCUT2D eigenvalue weighted by Gasteiger charge is -2.35. The number of amides is 2. The van der Waals surface area contributed by atoms with E-state index in [0.717, 1.165) is 11.3 Å². The topological polar surface area (TPSA) is 106 Å². The molecule has 0 aliphatic carbocycles. The van der Waals surface area contributed by atoms with Crippen molar-refractivity contribution >= 4 is 46.7 Å². The van der Waals surface area contributed by atoms with E-state index in [2.05, 4.69) is 10.6 Å². The summed E-state index contributed by atoms with van der Waals surface area (Å²) < 4.78 is 6.83.